The van der Waals surface area contributed by atoms with Gasteiger partial charge in [-0.3, -0.25) is 0 Å². The van der Waals surface area contributed by atoms with Crippen molar-refractivity contribution in [1.29, 1.82) is 0 Å². The van der Waals surface area contributed by atoms with Gasteiger partial charge in [0.2, 0.25) is 0 Å². The van der Waals surface area contributed by atoms with E-state index in [9.17, 15) is 4.79 Å². The molecule has 66 valence electrons. The zero-order valence-electron chi connectivity index (χ0n) is 6.96. The summed E-state index contributed by atoms with van der Waals surface area (Å²) in [4.78, 5) is 11.1. The summed E-state index contributed by atoms with van der Waals surface area (Å²) < 4.78 is 9.32. The van der Waals surface area contributed by atoms with Crippen molar-refractivity contribution < 1.29 is 14.1 Å². The lowest BCUT2D eigenvalue weighted by atomic mass is 10.2. The molecule has 5 nitrogen and oxygen atoms in total. The summed E-state index contributed by atoms with van der Waals surface area (Å²) in [6, 6.07) is 0. The Morgan fingerprint density at radius 2 is 2.42 bits per heavy atom. The molecular formula is C7H10N2O3. The van der Waals surface area contributed by atoms with E-state index in [1.807, 2.05) is 0 Å². The number of methoxy groups -OCH3 is 1. The SMILES string of the molecule is COC(=O)c1c(C)noc1CN. The normalized spacial score (nSPS) is 9.92. The van der Waals surface area contributed by atoms with E-state index in [1.54, 1.807) is 6.92 Å². The molecule has 5 heteroatoms. The summed E-state index contributed by atoms with van der Waals surface area (Å²) in [5.74, 6) is -0.103. The van der Waals surface area contributed by atoms with Crippen molar-refractivity contribution >= 4 is 5.97 Å². The summed E-state index contributed by atoms with van der Waals surface area (Å²) in [6.45, 7) is 1.81. The maximum Gasteiger partial charge on any atom is 0.343 e. The Morgan fingerprint density at radius 3 is 2.92 bits per heavy atom. The third kappa shape index (κ3) is 1.31. The highest BCUT2D eigenvalue weighted by atomic mass is 16.5. The molecule has 2 N–H and O–H groups in total. The highest BCUT2D eigenvalue weighted by Gasteiger charge is 2.19. The van der Waals surface area contributed by atoms with E-state index in [4.69, 9.17) is 10.3 Å². The lowest BCUT2D eigenvalue weighted by Gasteiger charge is -1.96. The molecule has 0 spiro atoms. The Labute approximate surface area is 69.5 Å². The lowest BCUT2D eigenvalue weighted by molar-refractivity contribution is 0.0597. The van der Waals surface area contributed by atoms with Gasteiger partial charge >= 0.3 is 5.97 Å². The van der Waals surface area contributed by atoms with Gasteiger partial charge in [0.1, 0.15) is 5.56 Å². The monoisotopic (exact) mass is 170 g/mol. The number of nitrogens with zero attached hydrogens (tertiary/aromatic N) is 1. The summed E-state index contributed by atoms with van der Waals surface area (Å²) in [6.07, 6.45) is 0. The quantitative estimate of drug-likeness (QED) is 0.642. The van der Waals surface area contributed by atoms with Gasteiger partial charge in [-0.2, -0.15) is 0 Å². The Hall–Kier alpha value is -1.36. The summed E-state index contributed by atoms with van der Waals surface area (Å²) in [5.41, 5.74) is 6.15. The standard InChI is InChI=1S/C7H10N2O3/c1-4-6(7(10)11-2)5(3-8)12-9-4/h3,8H2,1-2H3. The van der Waals surface area contributed by atoms with E-state index in [-0.39, 0.29) is 6.54 Å². The highest BCUT2D eigenvalue weighted by Crippen LogP contribution is 2.13. The first-order valence-corrected chi connectivity index (χ1v) is 3.44. The Bertz CT molecular complexity index is 293. The minimum Gasteiger partial charge on any atom is -0.465 e. The fourth-order valence-corrected chi connectivity index (χ4v) is 0.920. The average Bonchev–Trinajstić information content (AvgIpc) is 2.45. The van der Waals surface area contributed by atoms with Crippen LogP contribution in [0.4, 0.5) is 0 Å². The predicted molar refractivity (Wildman–Crippen MR) is 40.5 cm³/mol. The van der Waals surface area contributed by atoms with Crippen molar-refractivity contribution in [2.45, 2.75) is 13.5 Å². The van der Waals surface area contributed by atoms with Crippen molar-refractivity contribution in [3.8, 4) is 0 Å². The van der Waals surface area contributed by atoms with Crippen molar-refractivity contribution in [3.05, 3.63) is 17.0 Å². The van der Waals surface area contributed by atoms with Crippen LogP contribution in [0.25, 0.3) is 0 Å². The van der Waals surface area contributed by atoms with E-state index >= 15 is 0 Å². The molecular weight excluding hydrogens is 160 g/mol. The first kappa shape index (κ1) is 8.73. The third-order valence-corrected chi connectivity index (χ3v) is 1.51. The number of nitrogens with two attached hydrogens (primary N) is 1. The number of hydrogen-bond acceptors (Lipinski definition) is 5. The van der Waals surface area contributed by atoms with E-state index in [1.165, 1.54) is 7.11 Å². The van der Waals surface area contributed by atoms with E-state index in [2.05, 4.69) is 9.89 Å². The second-order valence-electron chi connectivity index (χ2n) is 2.26. The molecule has 0 aliphatic heterocycles. The number of aryl methyl sites for hydroxylation is 1. The molecule has 1 rings (SSSR count). The molecule has 1 aromatic rings. The van der Waals surface area contributed by atoms with Crippen LogP contribution in [-0.4, -0.2) is 18.2 Å². The Kier molecular flexibility index (Phi) is 2.44. The molecule has 0 saturated heterocycles. The summed E-state index contributed by atoms with van der Waals surface area (Å²) in [7, 11) is 1.30. The minimum absolute atomic E-state index is 0.144. The third-order valence-electron chi connectivity index (χ3n) is 1.51. The number of hydrogen-bond donors (Lipinski definition) is 1. The van der Waals surface area contributed by atoms with Crippen molar-refractivity contribution in [2.75, 3.05) is 7.11 Å². The van der Waals surface area contributed by atoms with E-state index < -0.39 is 5.97 Å². The second kappa shape index (κ2) is 3.36. The van der Waals surface area contributed by atoms with Gasteiger partial charge < -0.3 is 15.0 Å². The van der Waals surface area contributed by atoms with Crippen LogP contribution in [-0.2, 0) is 11.3 Å². The summed E-state index contributed by atoms with van der Waals surface area (Å²) >= 11 is 0. The van der Waals surface area contributed by atoms with Crippen LogP contribution in [0.5, 0.6) is 0 Å². The van der Waals surface area contributed by atoms with E-state index in [0.717, 1.165) is 0 Å². The number of rotatable bonds is 2. The van der Waals surface area contributed by atoms with Crippen LogP contribution in [0, 0.1) is 6.92 Å². The number of ether oxygens (including phenoxy) is 1. The van der Waals surface area contributed by atoms with Gasteiger partial charge in [-0.05, 0) is 6.92 Å². The second-order valence-corrected chi connectivity index (χ2v) is 2.26. The predicted octanol–water partition coefficient (Wildman–Crippen LogP) is 0.228. The van der Waals surface area contributed by atoms with Gasteiger partial charge in [-0.1, -0.05) is 5.16 Å². The molecule has 0 saturated carbocycles. The highest BCUT2D eigenvalue weighted by molar-refractivity contribution is 5.91. The molecule has 0 aromatic carbocycles. The van der Waals surface area contributed by atoms with Gasteiger partial charge in [0.25, 0.3) is 0 Å². The maximum atomic E-state index is 11.1. The molecule has 0 radical (unpaired) electrons. The van der Waals surface area contributed by atoms with Crippen LogP contribution in [0.3, 0.4) is 0 Å². The molecule has 0 aliphatic carbocycles. The fourth-order valence-electron chi connectivity index (χ4n) is 0.920. The van der Waals surface area contributed by atoms with Gasteiger partial charge in [-0.25, -0.2) is 4.79 Å². The lowest BCUT2D eigenvalue weighted by Crippen LogP contribution is -2.07. The number of carbonyl (C=O) groups excluding carboxylic acids is 1. The molecule has 1 heterocycles. The van der Waals surface area contributed by atoms with Crippen molar-refractivity contribution in [1.82, 2.24) is 5.16 Å². The van der Waals surface area contributed by atoms with E-state index in [0.29, 0.717) is 17.0 Å². The van der Waals surface area contributed by atoms with Crippen LogP contribution in [0.2, 0.25) is 0 Å². The first-order chi connectivity index (χ1) is 5.70. The zero-order chi connectivity index (χ0) is 9.14. The fraction of sp³-hybridized carbons (Fsp3) is 0.429. The van der Waals surface area contributed by atoms with Gasteiger partial charge in [0, 0.05) is 0 Å². The molecule has 0 bridgehead atoms. The molecule has 12 heavy (non-hydrogen) atoms. The topological polar surface area (TPSA) is 78.3 Å². The van der Waals surface area contributed by atoms with Crippen molar-refractivity contribution in [3.63, 3.8) is 0 Å². The van der Waals surface area contributed by atoms with Crippen LogP contribution in [0.15, 0.2) is 4.52 Å². The largest absolute Gasteiger partial charge is 0.465 e. The zero-order valence-corrected chi connectivity index (χ0v) is 6.96. The molecule has 0 amide bonds. The van der Waals surface area contributed by atoms with Crippen LogP contribution < -0.4 is 5.73 Å². The molecule has 0 atom stereocenters. The average molecular weight is 170 g/mol. The van der Waals surface area contributed by atoms with Gasteiger partial charge in [0.05, 0.1) is 19.3 Å². The van der Waals surface area contributed by atoms with Crippen molar-refractivity contribution in [2.24, 2.45) is 5.73 Å². The number of aromatic nitrogens is 1. The Morgan fingerprint density at radius 1 is 1.75 bits per heavy atom. The van der Waals surface area contributed by atoms with Crippen LogP contribution >= 0.6 is 0 Å². The Balaban J connectivity index is 3.10. The molecule has 1 aromatic heterocycles. The van der Waals surface area contributed by atoms with Gasteiger partial charge in [0.15, 0.2) is 5.76 Å². The number of carbonyl (C=O) groups is 1. The minimum atomic E-state index is -0.464. The summed E-state index contributed by atoms with van der Waals surface area (Å²) in [5, 5.41) is 3.60. The molecule has 0 aliphatic rings. The first-order valence-electron chi connectivity index (χ1n) is 3.44. The van der Waals surface area contributed by atoms with Gasteiger partial charge in [-0.15, -0.1) is 0 Å². The maximum absolute atomic E-state index is 11.1. The smallest absolute Gasteiger partial charge is 0.343 e. The molecule has 0 unspecified atom stereocenters. The van der Waals surface area contributed by atoms with Crippen LogP contribution in [0.1, 0.15) is 21.8 Å². The number of esters is 1. The molecule has 0 fully saturated rings.